The van der Waals surface area contributed by atoms with Crippen LogP contribution in [0, 0.1) is 10.1 Å². The van der Waals surface area contributed by atoms with Crippen molar-refractivity contribution in [1.82, 2.24) is 9.78 Å². The molecule has 1 fully saturated rings. The van der Waals surface area contributed by atoms with E-state index in [1.54, 1.807) is 7.05 Å². The van der Waals surface area contributed by atoms with Crippen molar-refractivity contribution < 1.29 is 9.66 Å². The molecule has 0 amide bonds. The number of aryl methyl sites for hydroxylation is 1. The maximum Gasteiger partial charge on any atom is 0.350 e. The predicted molar refractivity (Wildman–Crippen MR) is 65.3 cm³/mol. The van der Waals surface area contributed by atoms with Gasteiger partial charge in [0, 0.05) is 13.1 Å². The molecule has 0 spiro atoms. The first-order chi connectivity index (χ1) is 8.58. The molecule has 1 heterocycles. The van der Waals surface area contributed by atoms with Gasteiger partial charge in [-0.05, 0) is 19.3 Å². The van der Waals surface area contributed by atoms with Gasteiger partial charge in [-0.15, -0.1) is 5.10 Å². The monoisotopic (exact) mass is 254 g/mol. The van der Waals surface area contributed by atoms with Crippen LogP contribution in [0.1, 0.15) is 32.1 Å². The number of nitrogens with zero attached hydrogens (tertiary/aromatic N) is 3. The number of hydrogen-bond acceptors (Lipinski definition) is 5. The highest BCUT2D eigenvalue weighted by atomic mass is 16.6. The summed E-state index contributed by atoms with van der Waals surface area (Å²) in [5, 5.41) is 14.9. The Balaban J connectivity index is 2.14. The zero-order valence-corrected chi connectivity index (χ0v) is 10.4. The summed E-state index contributed by atoms with van der Waals surface area (Å²) in [5.74, 6) is 0.0739. The van der Waals surface area contributed by atoms with Gasteiger partial charge in [-0.3, -0.25) is 14.8 Å². The third-order valence-corrected chi connectivity index (χ3v) is 3.24. The van der Waals surface area contributed by atoms with E-state index in [0.717, 1.165) is 32.1 Å². The van der Waals surface area contributed by atoms with E-state index in [4.69, 9.17) is 10.5 Å². The molecule has 2 N–H and O–H groups in total. The van der Waals surface area contributed by atoms with Crippen molar-refractivity contribution in [1.29, 1.82) is 0 Å². The largest absolute Gasteiger partial charge is 0.467 e. The van der Waals surface area contributed by atoms with Crippen LogP contribution in [0.4, 0.5) is 5.69 Å². The molecular weight excluding hydrogens is 236 g/mol. The fourth-order valence-corrected chi connectivity index (χ4v) is 2.26. The summed E-state index contributed by atoms with van der Waals surface area (Å²) in [6.45, 7) is 0. The minimum atomic E-state index is -0.482. The van der Waals surface area contributed by atoms with E-state index in [0.29, 0.717) is 0 Å². The van der Waals surface area contributed by atoms with Gasteiger partial charge in [0.15, 0.2) is 0 Å². The highest BCUT2D eigenvalue weighted by Crippen LogP contribution is 2.28. The van der Waals surface area contributed by atoms with Crippen LogP contribution in [0.2, 0.25) is 0 Å². The lowest BCUT2D eigenvalue weighted by atomic mass is 10.1. The highest BCUT2D eigenvalue weighted by molar-refractivity contribution is 5.38. The van der Waals surface area contributed by atoms with Gasteiger partial charge in [0.1, 0.15) is 12.3 Å². The molecule has 0 bridgehead atoms. The Morgan fingerprint density at radius 2 is 2.22 bits per heavy atom. The van der Waals surface area contributed by atoms with E-state index in [2.05, 4.69) is 5.10 Å². The fraction of sp³-hybridized carbons (Fsp3) is 0.727. The summed E-state index contributed by atoms with van der Waals surface area (Å²) in [6.07, 6.45) is 6.15. The Hall–Kier alpha value is -1.63. The molecule has 2 atom stereocenters. The third kappa shape index (κ3) is 2.79. The molecule has 0 aliphatic heterocycles. The number of ether oxygens (including phenoxy) is 1. The number of nitro groups is 1. The molecule has 7 nitrogen and oxygen atoms in total. The number of aromatic nitrogens is 2. The van der Waals surface area contributed by atoms with Gasteiger partial charge in [0.05, 0.1) is 4.92 Å². The Morgan fingerprint density at radius 1 is 1.50 bits per heavy atom. The minimum Gasteiger partial charge on any atom is -0.467 e. The summed E-state index contributed by atoms with van der Waals surface area (Å²) in [7, 11) is 1.63. The molecular formula is C11H18N4O3. The third-order valence-electron chi connectivity index (χ3n) is 3.24. The highest BCUT2D eigenvalue weighted by Gasteiger charge is 2.27. The lowest BCUT2D eigenvalue weighted by molar-refractivity contribution is -0.386. The molecule has 1 aliphatic rings. The Bertz CT molecular complexity index is 432. The topological polar surface area (TPSA) is 96.2 Å². The van der Waals surface area contributed by atoms with Crippen LogP contribution in [0.5, 0.6) is 5.88 Å². The molecule has 2 unspecified atom stereocenters. The van der Waals surface area contributed by atoms with Crippen molar-refractivity contribution in [2.75, 3.05) is 0 Å². The fourth-order valence-electron chi connectivity index (χ4n) is 2.26. The molecule has 100 valence electrons. The van der Waals surface area contributed by atoms with Gasteiger partial charge >= 0.3 is 11.6 Å². The Kier molecular flexibility index (Phi) is 3.81. The van der Waals surface area contributed by atoms with Crippen molar-refractivity contribution in [3.63, 3.8) is 0 Å². The maximum absolute atomic E-state index is 10.9. The average Bonchev–Trinajstić information content (AvgIpc) is 2.56. The van der Waals surface area contributed by atoms with Crippen LogP contribution in [-0.2, 0) is 7.05 Å². The summed E-state index contributed by atoms with van der Waals surface area (Å²) < 4.78 is 7.05. The SMILES string of the molecule is Cn1cc([N+](=O)[O-])c(OC2CCCCCC2N)n1. The van der Waals surface area contributed by atoms with Gasteiger partial charge in [-0.25, -0.2) is 0 Å². The predicted octanol–water partition coefficient (Wildman–Crippen LogP) is 1.37. The maximum atomic E-state index is 10.9. The van der Waals surface area contributed by atoms with E-state index < -0.39 is 4.92 Å². The van der Waals surface area contributed by atoms with E-state index in [1.807, 2.05) is 0 Å². The van der Waals surface area contributed by atoms with Crippen LogP contribution >= 0.6 is 0 Å². The molecule has 7 heteroatoms. The summed E-state index contributed by atoms with van der Waals surface area (Å²) >= 11 is 0. The zero-order chi connectivity index (χ0) is 13.1. The Morgan fingerprint density at radius 3 is 2.94 bits per heavy atom. The normalized spacial score (nSPS) is 24.6. The molecule has 2 rings (SSSR count). The minimum absolute atomic E-state index is 0.0739. The summed E-state index contributed by atoms with van der Waals surface area (Å²) in [5.41, 5.74) is 5.93. The first-order valence-electron chi connectivity index (χ1n) is 6.18. The van der Waals surface area contributed by atoms with Gasteiger partial charge in [0.2, 0.25) is 0 Å². The summed E-state index contributed by atoms with van der Waals surface area (Å²) in [6, 6.07) is -0.0749. The van der Waals surface area contributed by atoms with Gasteiger partial charge in [-0.1, -0.05) is 12.8 Å². The van der Waals surface area contributed by atoms with Crippen molar-refractivity contribution in [2.24, 2.45) is 12.8 Å². The van der Waals surface area contributed by atoms with Crippen molar-refractivity contribution >= 4 is 5.69 Å². The van der Waals surface area contributed by atoms with Crippen LogP contribution in [0.25, 0.3) is 0 Å². The second kappa shape index (κ2) is 5.34. The second-order valence-electron chi connectivity index (χ2n) is 4.71. The zero-order valence-electron chi connectivity index (χ0n) is 10.4. The number of rotatable bonds is 3. The molecule has 1 aromatic rings. The quantitative estimate of drug-likeness (QED) is 0.499. The van der Waals surface area contributed by atoms with E-state index in [1.165, 1.54) is 10.9 Å². The van der Waals surface area contributed by atoms with Crippen LogP contribution in [0.3, 0.4) is 0 Å². The first-order valence-corrected chi connectivity index (χ1v) is 6.18. The standard InChI is InChI=1S/C11H18N4O3/c1-14-7-9(15(16)17)11(13-14)18-10-6-4-2-3-5-8(10)12/h7-8,10H,2-6,12H2,1H3. The van der Waals surface area contributed by atoms with Crippen molar-refractivity contribution in [2.45, 2.75) is 44.2 Å². The number of nitrogens with two attached hydrogens (primary N) is 1. The molecule has 1 aliphatic carbocycles. The average molecular weight is 254 g/mol. The van der Waals surface area contributed by atoms with E-state index in [-0.39, 0.29) is 23.7 Å². The lowest BCUT2D eigenvalue weighted by Gasteiger charge is -2.20. The van der Waals surface area contributed by atoms with Crippen LogP contribution in [-0.4, -0.2) is 26.8 Å². The van der Waals surface area contributed by atoms with E-state index >= 15 is 0 Å². The van der Waals surface area contributed by atoms with Crippen LogP contribution < -0.4 is 10.5 Å². The molecule has 1 saturated carbocycles. The van der Waals surface area contributed by atoms with Gasteiger partial charge in [0.25, 0.3) is 0 Å². The molecule has 18 heavy (non-hydrogen) atoms. The summed E-state index contributed by atoms with van der Waals surface area (Å²) in [4.78, 5) is 10.4. The second-order valence-corrected chi connectivity index (χ2v) is 4.71. The Labute approximate surface area is 105 Å². The van der Waals surface area contributed by atoms with Crippen molar-refractivity contribution in [3.05, 3.63) is 16.3 Å². The van der Waals surface area contributed by atoms with Crippen LogP contribution in [0.15, 0.2) is 6.20 Å². The van der Waals surface area contributed by atoms with E-state index in [9.17, 15) is 10.1 Å². The first kappa shape index (κ1) is 12.8. The number of hydrogen-bond donors (Lipinski definition) is 1. The smallest absolute Gasteiger partial charge is 0.350 e. The molecule has 1 aromatic heterocycles. The van der Waals surface area contributed by atoms with Gasteiger partial charge in [-0.2, -0.15) is 0 Å². The lowest BCUT2D eigenvalue weighted by Crippen LogP contribution is -2.38. The molecule has 0 saturated heterocycles. The molecule has 0 radical (unpaired) electrons. The van der Waals surface area contributed by atoms with Gasteiger partial charge < -0.3 is 10.5 Å². The molecule has 0 aromatic carbocycles. The van der Waals surface area contributed by atoms with Crippen molar-refractivity contribution in [3.8, 4) is 5.88 Å².